The molecule has 2 amide bonds. The first-order valence-electron chi connectivity index (χ1n) is 6.22. The van der Waals surface area contributed by atoms with E-state index in [1.54, 1.807) is 6.08 Å². The number of rotatable bonds is 5. The van der Waals surface area contributed by atoms with Gasteiger partial charge in [-0.3, -0.25) is 9.59 Å². The molecular formula is C14H13ClN4O2. The Bertz CT molecular complexity index is 623. The summed E-state index contributed by atoms with van der Waals surface area (Å²) in [5.74, 6) is -0.569. The van der Waals surface area contributed by atoms with Crippen LogP contribution in [0.25, 0.3) is 6.08 Å². The minimum atomic E-state index is -0.356. The third kappa shape index (κ3) is 5.19. The molecule has 0 atom stereocenters. The number of hydrogen-bond donors (Lipinski definition) is 2. The highest BCUT2D eigenvalue weighted by molar-refractivity contribution is 6.41. The molecule has 1 aliphatic rings. The van der Waals surface area contributed by atoms with Crippen molar-refractivity contribution in [3.8, 4) is 0 Å². The van der Waals surface area contributed by atoms with E-state index in [0.717, 1.165) is 5.56 Å². The van der Waals surface area contributed by atoms with Gasteiger partial charge in [0.2, 0.25) is 11.8 Å². The molecule has 21 heavy (non-hydrogen) atoms. The molecule has 0 spiro atoms. The predicted molar refractivity (Wildman–Crippen MR) is 81.7 cm³/mol. The summed E-state index contributed by atoms with van der Waals surface area (Å²) in [6, 6.07) is 9.50. The summed E-state index contributed by atoms with van der Waals surface area (Å²) in [5, 5.41) is 7.85. The van der Waals surface area contributed by atoms with Crippen LogP contribution in [0.5, 0.6) is 0 Å². The third-order valence-corrected chi connectivity index (χ3v) is 2.76. The number of halogens is 1. The molecule has 108 valence electrons. The van der Waals surface area contributed by atoms with Crippen LogP contribution in [0.1, 0.15) is 18.4 Å². The highest BCUT2D eigenvalue weighted by Gasteiger charge is 2.16. The van der Waals surface area contributed by atoms with Crippen molar-refractivity contribution in [2.45, 2.75) is 12.8 Å². The van der Waals surface area contributed by atoms with Crippen LogP contribution in [0, 0.1) is 0 Å². The Kier molecular flexibility index (Phi) is 5.22. The van der Waals surface area contributed by atoms with Crippen LogP contribution in [0.15, 0.2) is 45.6 Å². The lowest BCUT2D eigenvalue weighted by molar-refractivity contribution is -0.119. The third-order valence-electron chi connectivity index (χ3n) is 2.55. The van der Waals surface area contributed by atoms with Gasteiger partial charge in [0.15, 0.2) is 0 Å². The van der Waals surface area contributed by atoms with Crippen molar-refractivity contribution in [3.63, 3.8) is 0 Å². The van der Waals surface area contributed by atoms with Gasteiger partial charge in [0.25, 0.3) is 0 Å². The van der Waals surface area contributed by atoms with Gasteiger partial charge in [0.05, 0.1) is 29.8 Å². The zero-order valence-corrected chi connectivity index (χ0v) is 11.8. The van der Waals surface area contributed by atoms with E-state index in [4.69, 9.17) is 11.6 Å². The number of carbonyl (C=O) groups excluding carboxylic acids is 2. The number of hydrogen-bond acceptors (Lipinski definition) is 4. The van der Waals surface area contributed by atoms with Crippen molar-refractivity contribution in [1.82, 2.24) is 10.9 Å². The fourth-order valence-corrected chi connectivity index (χ4v) is 1.82. The number of benzene rings is 1. The Hall–Kier alpha value is -2.47. The van der Waals surface area contributed by atoms with Gasteiger partial charge in [0, 0.05) is 0 Å². The molecule has 0 aromatic heterocycles. The Balaban J connectivity index is 1.80. The topological polar surface area (TPSA) is 82.9 Å². The van der Waals surface area contributed by atoms with Crippen LogP contribution in [-0.4, -0.2) is 23.7 Å². The zero-order valence-electron chi connectivity index (χ0n) is 11.0. The van der Waals surface area contributed by atoms with Crippen LogP contribution in [-0.2, 0) is 9.59 Å². The fraction of sp³-hybridized carbons (Fsp3) is 0.143. The molecule has 0 fully saturated rings. The Labute approximate surface area is 126 Å². The maximum absolute atomic E-state index is 11.5. The van der Waals surface area contributed by atoms with E-state index in [0.29, 0.717) is 10.7 Å². The molecule has 7 heteroatoms. The molecule has 1 aliphatic heterocycles. The number of allylic oxidation sites excluding steroid dienone is 1. The average molecular weight is 305 g/mol. The molecule has 2 N–H and O–H groups in total. The highest BCUT2D eigenvalue weighted by Crippen LogP contribution is 2.07. The number of hydrazone groups is 2. The first kappa shape index (κ1) is 14.9. The lowest BCUT2D eigenvalue weighted by Crippen LogP contribution is -2.20. The molecule has 0 unspecified atom stereocenters. The van der Waals surface area contributed by atoms with Gasteiger partial charge in [-0.25, -0.2) is 10.9 Å². The molecule has 0 saturated carbocycles. The van der Waals surface area contributed by atoms with Crippen molar-refractivity contribution in [2.24, 2.45) is 10.2 Å². The lowest BCUT2D eigenvalue weighted by Gasteiger charge is -1.97. The van der Waals surface area contributed by atoms with Gasteiger partial charge < -0.3 is 0 Å². The van der Waals surface area contributed by atoms with Gasteiger partial charge in [-0.15, -0.1) is 0 Å². The summed E-state index contributed by atoms with van der Waals surface area (Å²) in [5.41, 5.74) is 6.02. The molecule has 0 saturated heterocycles. The number of nitrogens with one attached hydrogen (secondary N) is 2. The van der Waals surface area contributed by atoms with Crippen LogP contribution in [0.2, 0.25) is 0 Å². The van der Waals surface area contributed by atoms with Gasteiger partial charge in [-0.1, -0.05) is 41.9 Å². The number of nitrogens with zero attached hydrogens (tertiary/aromatic N) is 2. The Morgan fingerprint density at radius 2 is 2.19 bits per heavy atom. The van der Waals surface area contributed by atoms with Crippen LogP contribution in [0.4, 0.5) is 0 Å². The van der Waals surface area contributed by atoms with E-state index in [1.807, 2.05) is 30.3 Å². The largest absolute Gasteiger partial charge is 0.273 e. The molecule has 0 aliphatic carbocycles. The maximum Gasteiger partial charge on any atom is 0.245 e. The molecule has 1 heterocycles. The monoisotopic (exact) mass is 304 g/mol. The van der Waals surface area contributed by atoms with E-state index < -0.39 is 0 Å². The highest BCUT2D eigenvalue weighted by atomic mass is 35.5. The molecule has 1 aromatic rings. The molecule has 2 rings (SSSR count). The Morgan fingerprint density at radius 3 is 2.86 bits per heavy atom. The zero-order chi connectivity index (χ0) is 15.1. The molecule has 0 bridgehead atoms. The molecule has 6 nitrogen and oxygen atoms in total. The first-order chi connectivity index (χ1) is 10.1. The summed E-state index contributed by atoms with van der Waals surface area (Å²) in [6.45, 7) is 0. The Morgan fingerprint density at radius 1 is 1.43 bits per heavy atom. The quantitative estimate of drug-likeness (QED) is 0.640. The summed E-state index contributed by atoms with van der Waals surface area (Å²) < 4.78 is 0. The molecular weight excluding hydrogens is 292 g/mol. The first-order valence-corrected chi connectivity index (χ1v) is 6.60. The fourth-order valence-electron chi connectivity index (χ4n) is 1.64. The summed E-state index contributed by atoms with van der Waals surface area (Å²) in [6.07, 6.45) is 3.23. The van der Waals surface area contributed by atoms with Crippen molar-refractivity contribution in [1.29, 1.82) is 0 Å². The second kappa shape index (κ2) is 7.35. The SMILES string of the molecule is O=C(CC1=NNC(=O)C1)NN=CC(Cl)=Cc1ccccc1. The van der Waals surface area contributed by atoms with Crippen molar-refractivity contribution < 1.29 is 9.59 Å². The summed E-state index contributed by atoms with van der Waals surface area (Å²) in [4.78, 5) is 22.4. The van der Waals surface area contributed by atoms with Gasteiger partial charge in [-0.05, 0) is 11.6 Å². The van der Waals surface area contributed by atoms with Crippen LogP contribution < -0.4 is 10.9 Å². The van der Waals surface area contributed by atoms with Crippen molar-refractivity contribution in [3.05, 3.63) is 40.9 Å². The van der Waals surface area contributed by atoms with Crippen LogP contribution in [0.3, 0.4) is 0 Å². The number of carbonyl (C=O) groups is 2. The van der Waals surface area contributed by atoms with Gasteiger partial charge >= 0.3 is 0 Å². The van der Waals surface area contributed by atoms with Gasteiger partial charge in [-0.2, -0.15) is 10.2 Å². The molecule has 1 aromatic carbocycles. The summed E-state index contributed by atoms with van der Waals surface area (Å²) in [7, 11) is 0. The number of amides is 2. The van der Waals surface area contributed by atoms with E-state index in [1.165, 1.54) is 6.21 Å². The van der Waals surface area contributed by atoms with E-state index >= 15 is 0 Å². The predicted octanol–water partition coefficient (Wildman–Crippen LogP) is 1.63. The normalized spacial score (nSPS) is 15.0. The standard InChI is InChI=1S/C14H13ClN4O2/c15-11(6-10-4-2-1-3-5-10)9-16-18-13(20)7-12-8-14(21)19-17-12/h1-6,9H,7-8H2,(H,18,20)(H,19,21). The van der Waals surface area contributed by atoms with E-state index in [-0.39, 0.29) is 24.7 Å². The minimum Gasteiger partial charge on any atom is -0.273 e. The summed E-state index contributed by atoms with van der Waals surface area (Å²) >= 11 is 5.97. The lowest BCUT2D eigenvalue weighted by atomic mass is 10.2. The van der Waals surface area contributed by atoms with Crippen molar-refractivity contribution in [2.75, 3.05) is 0 Å². The van der Waals surface area contributed by atoms with Crippen molar-refractivity contribution >= 4 is 41.4 Å². The van der Waals surface area contributed by atoms with Gasteiger partial charge in [0.1, 0.15) is 0 Å². The minimum absolute atomic E-state index is 0.0239. The smallest absolute Gasteiger partial charge is 0.245 e. The van der Waals surface area contributed by atoms with E-state index in [2.05, 4.69) is 21.1 Å². The molecule has 0 radical (unpaired) electrons. The average Bonchev–Trinajstić information content (AvgIpc) is 2.85. The maximum atomic E-state index is 11.5. The second-order valence-corrected chi connectivity index (χ2v) is 4.74. The van der Waals surface area contributed by atoms with Crippen LogP contribution >= 0.6 is 11.6 Å². The van der Waals surface area contributed by atoms with E-state index in [9.17, 15) is 9.59 Å². The second-order valence-electron chi connectivity index (χ2n) is 4.30.